The minimum absolute atomic E-state index is 0.142. The summed E-state index contributed by atoms with van der Waals surface area (Å²) < 4.78 is 131. The predicted molar refractivity (Wildman–Crippen MR) is 84.0 cm³/mol. The van der Waals surface area contributed by atoms with Gasteiger partial charge < -0.3 is 9.79 Å². The largest absolute Gasteiger partial charge is 0.413 e. The van der Waals surface area contributed by atoms with E-state index in [2.05, 4.69) is 0 Å². The van der Waals surface area contributed by atoms with Crippen LogP contribution in [0.25, 0.3) is 0 Å². The van der Waals surface area contributed by atoms with Gasteiger partial charge in [-0.05, 0) is 6.42 Å². The zero-order valence-corrected chi connectivity index (χ0v) is 16.0. The van der Waals surface area contributed by atoms with Crippen molar-refractivity contribution < 1.29 is 53.9 Å². The molecule has 3 nitrogen and oxygen atoms in total. The van der Waals surface area contributed by atoms with Crippen molar-refractivity contribution in [3.05, 3.63) is 0 Å². The van der Waals surface area contributed by atoms with E-state index < -0.39 is 43.6 Å². The van der Waals surface area contributed by atoms with E-state index in [0.29, 0.717) is 12.8 Å². The highest BCUT2D eigenvalue weighted by atomic mass is 31.2. The highest BCUT2D eigenvalue weighted by Gasteiger charge is 2.86. The van der Waals surface area contributed by atoms with Gasteiger partial charge in [0.15, 0.2) is 6.17 Å². The first-order valence-electron chi connectivity index (χ1n) is 8.69. The number of hydrogen-bond acceptors (Lipinski definition) is 1. The molecule has 13 heteroatoms. The summed E-state index contributed by atoms with van der Waals surface area (Å²) in [5.74, 6) is -20.5. The fraction of sp³-hybridized carbons (Fsp3) is 1.00. The lowest BCUT2D eigenvalue weighted by molar-refractivity contribution is -0.361. The quantitative estimate of drug-likeness (QED) is 0.178. The standard InChI is InChI=1S/C15H24F9O3P/c1-2-3-4-5-6-7-8-9-10-11(16)12(17,18)13(19,20)14(21,22)15(23,24)28(25,26)27/h11H,2-10H2,1H3,(H2,25,26,27). The summed E-state index contributed by atoms with van der Waals surface area (Å²) in [6.45, 7) is 1.98. The molecule has 0 rings (SSSR count). The smallest absolute Gasteiger partial charge is 0.320 e. The Kier molecular flexibility index (Phi) is 9.85. The van der Waals surface area contributed by atoms with Crippen molar-refractivity contribution in [3.63, 3.8) is 0 Å². The van der Waals surface area contributed by atoms with Gasteiger partial charge in [0, 0.05) is 0 Å². The van der Waals surface area contributed by atoms with E-state index >= 15 is 0 Å². The van der Waals surface area contributed by atoms with Crippen LogP contribution in [0, 0.1) is 0 Å². The van der Waals surface area contributed by atoms with Crippen molar-refractivity contribution in [2.75, 3.05) is 0 Å². The molecule has 0 aromatic carbocycles. The maximum Gasteiger partial charge on any atom is 0.413 e. The molecule has 1 atom stereocenters. The molecule has 28 heavy (non-hydrogen) atoms. The molecule has 0 aliphatic carbocycles. The predicted octanol–water partition coefficient (Wildman–Crippen LogP) is 6.53. The minimum Gasteiger partial charge on any atom is -0.320 e. The number of unbranched alkanes of at least 4 members (excludes halogenated alkanes) is 7. The third kappa shape index (κ3) is 5.78. The van der Waals surface area contributed by atoms with Crippen LogP contribution in [0.1, 0.15) is 64.7 Å². The summed E-state index contributed by atoms with van der Waals surface area (Å²) >= 11 is 0. The Morgan fingerprint density at radius 2 is 1.14 bits per heavy atom. The summed E-state index contributed by atoms with van der Waals surface area (Å²) in [5.41, 5.74) is -6.81. The lowest BCUT2D eigenvalue weighted by atomic mass is 9.96. The average molecular weight is 454 g/mol. The van der Waals surface area contributed by atoms with Gasteiger partial charge in [0.2, 0.25) is 0 Å². The van der Waals surface area contributed by atoms with Gasteiger partial charge in [-0.15, -0.1) is 0 Å². The normalized spacial score (nSPS) is 15.7. The van der Waals surface area contributed by atoms with Gasteiger partial charge in [-0.1, -0.05) is 58.3 Å². The van der Waals surface area contributed by atoms with Crippen molar-refractivity contribution in [1.82, 2.24) is 0 Å². The Hall–Kier alpha value is -0.480. The molecule has 0 bridgehead atoms. The van der Waals surface area contributed by atoms with Gasteiger partial charge in [-0.3, -0.25) is 4.57 Å². The lowest BCUT2D eigenvalue weighted by Crippen LogP contribution is -2.64. The Morgan fingerprint density at radius 3 is 1.54 bits per heavy atom. The summed E-state index contributed by atoms with van der Waals surface area (Å²) in [7, 11) is -7.25. The second kappa shape index (κ2) is 10.0. The van der Waals surface area contributed by atoms with Crippen LogP contribution in [-0.2, 0) is 4.57 Å². The Morgan fingerprint density at radius 1 is 0.750 bits per heavy atom. The molecule has 0 aromatic rings. The van der Waals surface area contributed by atoms with E-state index in [0.717, 1.165) is 25.7 Å². The lowest BCUT2D eigenvalue weighted by Gasteiger charge is -2.37. The van der Waals surface area contributed by atoms with Gasteiger partial charge >= 0.3 is 31.0 Å². The molecule has 0 spiro atoms. The average Bonchev–Trinajstić information content (AvgIpc) is 2.55. The van der Waals surface area contributed by atoms with Crippen LogP contribution in [0.5, 0.6) is 0 Å². The second-order valence-corrected chi connectivity index (χ2v) is 8.24. The van der Waals surface area contributed by atoms with E-state index in [1.165, 1.54) is 0 Å². The van der Waals surface area contributed by atoms with Gasteiger partial charge in [0.25, 0.3) is 0 Å². The topological polar surface area (TPSA) is 57.5 Å². The molecule has 2 N–H and O–H groups in total. The summed E-state index contributed by atoms with van der Waals surface area (Å²) in [5, 5.41) is 0. The Balaban J connectivity index is 4.98. The van der Waals surface area contributed by atoms with E-state index in [-0.39, 0.29) is 12.8 Å². The molecule has 0 aliphatic heterocycles. The fourth-order valence-corrected chi connectivity index (χ4v) is 2.92. The second-order valence-electron chi connectivity index (χ2n) is 6.59. The van der Waals surface area contributed by atoms with Crippen LogP contribution in [0.15, 0.2) is 0 Å². The number of halogens is 9. The van der Waals surface area contributed by atoms with Crippen molar-refractivity contribution in [1.29, 1.82) is 0 Å². The fourth-order valence-electron chi connectivity index (χ4n) is 2.42. The molecule has 0 fully saturated rings. The maximum absolute atomic E-state index is 13.6. The molecule has 0 aliphatic rings. The highest BCUT2D eigenvalue weighted by Crippen LogP contribution is 2.66. The monoisotopic (exact) mass is 454 g/mol. The third-order valence-corrected chi connectivity index (χ3v) is 5.27. The number of alkyl halides is 9. The Labute approximate surface area is 156 Å². The Bertz CT molecular complexity index is 523. The van der Waals surface area contributed by atoms with Crippen LogP contribution in [-0.4, -0.2) is 39.4 Å². The van der Waals surface area contributed by atoms with Gasteiger partial charge in [0.05, 0.1) is 0 Å². The van der Waals surface area contributed by atoms with Crippen LogP contribution < -0.4 is 0 Å². The van der Waals surface area contributed by atoms with E-state index in [4.69, 9.17) is 9.79 Å². The number of rotatable bonds is 14. The third-order valence-electron chi connectivity index (χ3n) is 4.26. The summed E-state index contributed by atoms with van der Waals surface area (Å²) in [4.78, 5) is 16.3. The zero-order chi connectivity index (χ0) is 22.4. The summed E-state index contributed by atoms with van der Waals surface area (Å²) in [6, 6.07) is 0. The molecule has 0 heterocycles. The van der Waals surface area contributed by atoms with Crippen molar-refractivity contribution in [2.45, 2.75) is 94.3 Å². The molecule has 0 saturated carbocycles. The van der Waals surface area contributed by atoms with Crippen LogP contribution in [0.2, 0.25) is 0 Å². The molecule has 0 aromatic heterocycles. The molecule has 0 amide bonds. The van der Waals surface area contributed by atoms with Gasteiger partial charge in [0.1, 0.15) is 0 Å². The SMILES string of the molecule is CCCCCCCCCCC(F)C(F)(F)C(F)(F)C(F)(F)C(F)(F)P(=O)(O)O. The van der Waals surface area contributed by atoms with Crippen LogP contribution in [0.4, 0.5) is 39.5 Å². The molecule has 0 saturated heterocycles. The first-order chi connectivity index (χ1) is 12.5. The molecule has 1 unspecified atom stereocenters. The minimum atomic E-state index is -7.25. The van der Waals surface area contributed by atoms with Crippen LogP contribution >= 0.6 is 7.60 Å². The first-order valence-corrected chi connectivity index (χ1v) is 10.3. The number of hydrogen-bond donors (Lipinski definition) is 2. The van der Waals surface area contributed by atoms with Gasteiger partial charge in [-0.25, -0.2) is 4.39 Å². The van der Waals surface area contributed by atoms with E-state index in [9.17, 15) is 44.1 Å². The molecule has 0 radical (unpaired) electrons. The zero-order valence-electron chi connectivity index (χ0n) is 15.1. The molecule has 170 valence electrons. The summed E-state index contributed by atoms with van der Waals surface area (Å²) in [6.07, 6.45) is -0.568. The maximum atomic E-state index is 13.6. The van der Waals surface area contributed by atoms with Crippen molar-refractivity contribution >= 4 is 7.60 Å². The first kappa shape index (κ1) is 27.5. The molecular formula is C15H24F9O3P. The van der Waals surface area contributed by atoms with E-state index in [1.54, 1.807) is 0 Å². The van der Waals surface area contributed by atoms with Gasteiger partial charge in [-0.2, -0.15) is 35.1 Å². The molecular weight excluding hydrogens is 430 g/mol. The van der Waals surface area contributed by atoms with Crippen molar-refractivity contribution in [3.8, 4) is 0 Å². The van der Waals surface area contributed by atoms with Crippen molar-refractivity contribution in [2.24, 2.45) is 0 Å². The highest BCUT2D eigenvalue weighted by molar-refractivity contribution is 7.53. The van der Waals surface area contributed by atoms with E-state index in [1.807, 2.05) is 6.92 Å². The van der Waals surface area contributed by atoms with Crippen LogP contribution in [0.3, 0.4) is 0 Å².